The van der Waals surface area contributed by atoms with Crippen LogP contribution in [0.1, 0.15) is 30.0 Å². The maximum absolute atomic E-state index is 12.0. The van der Waals surface area contributed by atoms with Crippen molar-refractivity contribution in [2.24, 2.45) is 0 Å². The van der Waals surface area contributed by atoms with Crippen molar-refractivity contribution in [2.45, 2.75) is 31.4 Å². The van der Waals surface area contributed by atoms with Crippen LogP contribution in [-0.2, 0) is 20.9 Å². The summed E-state index contributed by atoms with van der Waals surface area (Å²) in [5, 5.41) is 10.7. The molecule has 3 rings (SSSR count). The van der Waals surface area contributed by atoms with E-state index in [1.807, 2.05) is 30.3 Å². The summed E-state index contributed by atoms with van der Waals surface area (Å²) in [6.45, 7) is 0. The van der Waals surface area contributed by atoms with Gasteiger partial charge < -0.3 is 0 Å². The topological polar surface area (TPSA) is 98.5 Å². The molecule has 1 aliphatic rings. The average Bonchev–Trinajstić information content (AvgIpc) is 2.59. The molecule has 2 aromatic carbocycles. The molecule has 1 fully saturated rings. The Hall–Kier alpha value is -2.29. The van der Waals surface area contributed by atoms with Crippen LogP contribution in [0, 0.1) is 10.1 Å². The molecule has 7 nitrogen and oxygen atoms in total. The van der Waals surface area contributed by atoms with Crippen LogP contribution in [-0.4, -0.2) is 19.4 Å². The molecular formula is C17H18N2O5S. The number of benzene rings is 2. The highest BCUT2D eigenvalue weighted by Gasteiger charge is 2.32. The summed E-state index contributed by atoms with van der Waals surface area (Å²) < 4.78 is 31.6. The maximum atomic E-state index is 12.0. The fourth-order valence-electron chi connectivity index (χ4n) is 2.90. The molecule has 132 valence electrons. The summed E-state index contributed by atoms with van der Waals surface area (Å²) in [5.74, 6) is 0. The lowest BCUT2D eigenvalue weighted by Crippen LogP contribution is -2.41. The van der Waals surface area contributed by atoms with Crippen LogP contribution in [0.25, 0.3) is 0 Å². The Bertz CT molecular complexity index is 837. The average molecular weight is 362 g/mol. The Morgan fingerprint density at radius 3 is 2.44 bits per heavy atom. The van der Waals surface area contributed by atoms with Gasteiger partial charge in [0.25, 0.3) is 5.69 Å². The molecule has 2 atom stereocenters. The normalized spacial score (nSPS) is 22.4. The minimum atomic E-state index is -3.84. The maximum Gasteiger partial charge on any atom is 0.336 e. The molecule has 2 unspecified atom stereocenters. The number of aryl methyl sites for hydroxylation is 1. The van der Waals surface area contributed by atoms with Gasteiger partial charge in [-0.3, -0.25) is 14.3 Å². The second-order valence-electron chi connectivity index (χ2n) is 5.95. The lowest BCUT2D eigenvalue weighted by Gasteiger charge is -2.30. The van der Waals surface area contributed by atoms with E-state index < -0.39 is 27.4 Å². The van der Waals surface area contributed by atoms with E-state index in [-0.39, 0.29) is 5.69 Å². The third-order valence-electron chi connectivity index (χ3n) is 4.15. The van der Waals surface area contributed by atoms with Crippen molar-refractivity contribution in [3.63, 3.8) is 0 Å². The van der Waals surface area contributed by atoms with Crippen LogP contribution in [0.5, 0.6) is 0 Å². The number of nitro benzene ring substituents is 1. The number of hydrogen-bond donors (Lipinski definition) is 1. The SMILES string of the molecule is O=[N+]([O-])c1ccc(C2CC(CCc3ccccc3)OS(=O)(=O)N2)cc1. The molecule has 0 bridgehead atoms. The molecule has 2 aromatic rings. The Kier molecular flexibility index (Phi) is 5.12. The standard InChI is InChI=1S/C17H18N2O5S/c20-19(21)15-9-7-14(8-10-15)17-12-16(24-25(22,23)18-17)11-6-13-4-2-1-3-5-13/h1-5,7-10,16-18H,6,11-12H2. The van der Waals surface area contributed by atoms with Crippen LogP contribution in [0.2, 0.25) is 0 Å². The number of nitrogens with one attached hydrogen (secondary N) is 1. The minimum absolute atomic E-state index is 0.0284. The van der Waals surface area contributed by atoms with E-state index in [0.717, 1.165) is 5.56 Å². The van der Waals surface area contributed by atoms with E-state index in [1.165, 1.54) is 12.1 Å². The van der Waals surface area contributed by atoms with E-state index >= 15 is 0 Å². The third-order valence-corrected chi connectivity index (χ3v) is 5.25. The molecule has 1 aliphatic heterocycles. The molecule has 0 radical (unpaired) electrons. The van der Waals surface area contributed by atoms with Crippen molar-refractivity contribution < 1.29 is 17.5 Å². The highest BCUT2D eigenvalue weighted by Crippen LogP contribution is 2.29. The first-order valence-corrected chi connectivity index (χ1v) is 9.32. The quantitative estimate of drug-likeness (QED) is 0.651. The number of nitro groups is 1. The van der Waals surface area contributed by atoms with Gasteiger partial charge in [-0.1, -0.05) is 42.5 Å². The van der Waals surface area contributed by atoms with Crippen molar-refractivity contribution in [1.82, 2.24) is 4.72 Å². The van der Waals surface area contributed by atoms with Crippen molar-refractivity contribution >= 4 is 16.0 Å². The van der Waals surface area contributed by atoms with Crippen molar-refractivity contribution in [3.8, 4) is 0 Å². The highest BCUT2D eigenvalue weighted by atomic mass is 32.2. The lowest BCUT2D eigenvalue weighted by atomic mass is 9.97. The molecule has 1 N–H and O–H groups in total. The van der Waals surface area contributed by atoms with E-state index in [0.29, 0.717) is 24.8 Å². The summed E-state index contributed by atoms with van der Waals surface area (Å²) in [6.07, 6.45) is 1.33. The van der Waals surface area contributed by atoms with Gasteiger partial charge >= 0.3 is 10.3 Å². The predicted molar refractivity (Wildman–Crippen MR) is 92.1 cm³/mol. The summed E-state index contributed by atoms with van der Waals surface area (Å²) in [4.78, 5) is 10.3. The van der Waals surface area contributed by atoms with Crippen LogP contribution >= 0.6 is 0 Å². The largest absolute Gasteiger partial charge is 0.336 e. The van der Waals surface area contributed by atoms with E-state index in [9.17, 15) is 18.5 Å². The highest BCUT2D eigenvalue weighted by molar-refractivity contribution is 7.84. The van der Waals surface area contributed by atoms with E-state index in [4.69, 9.17) is 4.18 Å². The summed E-state index contributed by atoms with van der Waals surface area (Å²) in [7, 11) is -3.84. The Balaban J connectivity index is 1.71. The second kappa shape index (κ2) is 7.30. The number of nitrogens with zero attached hydrogens (tertiary/aromatic N) is 1. The summed E-state index contributed by atoms with van der Waals surface area (Å²) in [6, 6.07) is 15.2. The van der Waals surface area contributed by atoms with Gasteiger partial charge in [0.2, 0.25) is 0 Å². The molecule has 0 spiro atoms. The van der Waals surface area contributed by atoms with Gasteiger partial charge in [-0.15, -0.1) is 0 Å². The van der Waals surface area contributed by atoms with Gasteiger partial charge in [0.1, 0.15) is 0 Å². The van der Waals surface area contributed by atoms with Crippen LogP contribution in [0.3, 0.4) is 0 Å². The number of rotatable bonds is 5. The van der Waals surface area contributed by atoms with Crippen molar-refractivity contribution in [3.05, 3.63) is 75.8 Å². The number of non-ortho nitro benzene ring substituents is 1. The smallest absolute Gasteiger partial charge is 0.258 e. The van der Waals surface area contributed by atoms with E-state index in [1.54, 1.807) is 12.1 Å². The predicted octanol–water partition coefficient (Wildman–Crippen LogP) is 2.89. The van der Waals surface area contributed by atoms with Gasteiger partial charge in [-0.05, 0) is 30.4 Å². The third kappa shape index (κ3) is 4.62. The molecule has 0 amide bonds. The van der Waals surface area contributed by atoms with Gasteiger partial charge in [0.05, 0.1) is 17.1 Å². The van der Waals surface area contributed by atoms with Gasteiger partial charge in [-0.2, -0.15) is 13.1 Å². The van der Waals surface area contributed by atoms with E-state index in [2.05, 4.69) is 4.72 Å². The zero-order valence-corrected chi connectivity index (χ0v) is 14.2. The molecule has 8 heteroatoms. The van der Waals surface area contributed by atoms with Gasteiger partial charge in [0, 0.05) is 12.1 Å². The zero-order chi connectivity index (χ0) is 17.9. The molecule has 0 aliphatic carbocycles. The Morgan fingerprint density at radius 1 is 1.12 bits per heavy atom. The second-order valence-corrected chi connectivity index (χ2v) is 7.29. The fraction of sp³-hybridized carbons (Fsp3) is 0.294. The molecular weight excluding hydrogens is 344 g/mol. The van der Waals surface area contributed by atoms with Gasteiger partial charge in [0.15, 0.2) is 0 Å². The molecule has 0 saturated carbocycles. The van der Waals surface area contributed by atoms with Crippen molar-refractivity contribution in [1.29, 1.82) is 0 Å². The van der Waals surface area contributed by atoms with Crippen LogP contribution < -0.4 is 4.72 Å². The summed E-state index contributed by atoms with van der Waals surface area (Å²) >= 11 is 0. The van der Waals surface area contributed by atoms with Crippen molar-refractivity contribution in [2.75, 3.05) is 0 Å². The molecule has 1 saturated heterocycles. The Labute approximate surface area is 146 Å². The zero-order valence-electron chi connectivity index (χ0n) is 13.4. The van der Waals surface area contributed by atoms with Crippen LogP contribution in [0.15, 0.2) is 54.6 Å². The first-order chi connectivity index (χ1) is 11.9. The van der Waals surface area contributed by atoms with Gasteiger partial charge in [-0.25, -0.2) is 0 Å². The lowest BCUT2D eigenvalue weighted by molar-refractivity contribution is -0.384. The molecule has 25 heavy (non-hydrogen) atoms. The first kappa shape index (κ1) is 17.5. The number of hydrogen-bond acceptors (Lipinski definition) is 5. The fourth-order valence-corrected chi connectivity index (χ4v) is 4.07. The molecule has 0 aromatic heterocycles. The monoisotopic (exact) mass is 362 g/mol. The Morgan fingerprint density at radius 2 is 1.80 bits per heavy atom. The van der Waals surface area contributed by atoms with Crippen LogP contribution in [0.4, 0.5) is 5.69 Å². The first-order valence-electron chi connectivity index (χ1n) is 7.92. The minimum Gasteiger partial charge on any atom is -0.258 e. The summed E-state index contributed by atoms with van der Waals surface area (Å²) in [5.41, 5.74) is 1.77. The molecule has 1 heterocycles.